The Morgan fingerprint density at radius 1 is 0.789 bits per heavy atom. The standard InChI is InChI=1S/C17H17O2/c1-18-14-7-3-12(4-8-14)16-11-17(16)13-5-9-15(19-2)10-6-13/h3-10,16H,11H2,1-2H3. The molecule has 1 aliphatic rings. The first-order valence-corrected chi connectivity index (χ1v) is 6.46. The summed E-state index contributed by atoms with van der Waals surface area (Å²) in [6, 6.07) is 16.7. The predicted molar refractivity (Wildman–Crippen MR) is 75.7 cm³/mol. The molecule has 0 amide bonds. The third-order valence-corrected chi connectivity index (χ3v) is 3.66. The molecule has 0 spiro atoms. The lowest BCUT2D eigenvalue weighted by Crippen LogP contribution is -1.88. The van der Waals surface area contributed by atoms with Crippen molar-refractivity contribution in [3.8, 4) is 11.5 Å². The van der Waals surface area contributed by atoms with Crippen molar-refractivity contribution >= 4 is 0 Å². The first kappa shape index (κ1) is 12.1. The van der Waals surface area contributed by atoms with Crippen LogP contribution in [0.3, 0.4) is 0 Å². The quantitative estimate of drug-likeness (QED) is 0.824. The van der Waals surface area contributed by atoms with E-state index in [9.17, 15) is 0 Å². The van der Waals surface area contributed by atoms with Gasteiger partial charge in [-0.05, 0) is 47.7 Å². The predicted octanol–water partition coefficient (Wildman–Crippen LogP) is 3.81. The molecule has 0 heterocycles. The van der Waals surface area contributed by atoms with Gasteiger partial charge in [0.05, 0.1) is 14.2 Å². The average Bonchev–Trinajstić information content (AvgIpc) is 3.28. The highest BCUT2D eigenvalue weighted by Crippen LogP contribution is 2.53. The summed E-state index contributed by atoms with van der Waals surface area (Å²) in [6.45, 7) is 0. The number of ether oxygens (including phenoxy) is 2. The van der Waals surface area contributed by atoms with E-state index in [1.54, 1.807) is 14.2 Å². The van der Waals surface area contributed by atoms with E-state index in [0.717, 1.165) is 17.9 Å². The smallest absolute Gasteiger partial charge is 0.118 e. The summed E-state index contributed by atoms with van der Waals surface area (Å²) in [5, 5.41) is 0. The molecule has 2 nitrogen and oxygen atoms in total. The summed E-state index contributed by atoms with van der Waals surface area (Å²) in [5.74, 6) is 3.90. The van der Waals surface area contributed by atoms with Crippen LogP contribution in [0.2, 0.25) is 0 Å². The fourth-order valence-electron chi connectivity index (χ4n) is 2.44. The van der Waals surface area contributed by atoms with Crippen molar-refractivity contribution < 1.29 is 9.47 Å². The first-order valence-electron chi connectivity index (χ1n) is 6.46. The lowest BCUT2D eigenvalue weighted by atomic mass is 10.0. The van der Waals surface area contributed by atoms with Crippen LogP contribution in [0, 0.1) is 5.92 Å². The number of benzene rings is 2. The molecule has 0 bridgehead atoms. The van der Waals surface area contributed by atoms with Crippen molar-refractivity contribution in [2.24, 2.45) is 0 Å². The van der Waals surface area contributed by atoms with Crippen LogP contribution < -0.4 is 9.47 Å². The van der Waals surface area contributed by atoms with Crippen LogP contribution in [0.5, 0.6) is 11.5 Å². The van der Waals surface area contributed by atoms with Gasteiger partial charge in [-0.3, -0.25) is 0 Å². The van der Waals surface area contributed by atoms with Crippen LogP contribution in [0.25, 0.3) is 0 Å². The van der Waals surface area contributed by atoms with E-state index in [1.165, 1.54) is 17.0 Å². The Labute approximate surface area is 114 Å². The average molecular weight is 253 g/mol. The molecule has 0 N–H and O–H groups in total. The Hall–Kier alpha value is -1.96. The van der Waals surface area contributed by atoms with Crippen LogP contribution in [0.1, 0.15) is 23.5 Å². The second-order valence-corrected chi connectivity index (χ2v) is 4.78. The Bertz CT molecular complexity index is 491. The van der Waals surface area contributed by atoms with Crippen LogP contribution in [0.15, 0.2) is 48.5 Å². The van der Waals surface area contributed by atoms with Crippen molar-refractivity contribution in [2.75, 3.05) is 14.2 Å². The van der Waals surface area contributed by atoms with E-state index in [-0.39, 0.29) is 0 Å². The van der Waals surface area contributed by atoms with E-state index in [4.69, 9.17) is 9.47 Å². The van der Waals surface area contributed by atoms with Gasteiger partial charge in [-0.25, -0.2) is 0 Å². The third kappa shape index (κ3) is 2.43. The number of rotatable bonds is 4. The molecule has 2 aromatic carbocycles. The molecular weight excluding hydrogens is 236 g/mol. The minimum atomic E-state index is 0.569. The monoisotopic (exact) mass is 253 g/mol. The lowest BCUT2D eigenvalue weighted by molar-refractivity contribution is 0.414. The molecule has 19 heavy (non-hydrogen) atoms. The van der Waals surface area contributed by atoms with Gasteiger partial charge in [0.25, 0.3) is 0 Å². The molecule has 1 aliphatic carbocycles. The molecule has 1 saturated carbocycles. The number of methoxy groups -OCH3 is 2. The Morgan fingerprint density at radius 3 is 1.84 bits per heavy atom. The number of hydrogen-bond acceptors (Lipinski definition) is 2. The lowest BCUT2D eigenvalue weighted by Gasteiger charge is -2.04. The van der Waals surface area contributed by atoms with E-state index >= 15 is 0 Å². The van der Waals surface area contributed by atoms with Crippen LogP contribution in [0.4, 0.5) is 0 Å². The van der Waals surface area contributed by atoms with E-state index in [2.05, 4.69) is 24.3 Å². The maximum absolute atomic E-state index is 5.19. The van der Waals surface area contributed by atoms with Crippen LogP contribution in [-0.4, -0.2) is 14.2 Å². The van der Waals surface area contributed by atoms with Gasteiger partial charge in [-0.1, -0.05) is 24.3 Å². The first-order chi connectivity index (χ1) is 9.31. The van der Waals surface area contributed by atoms with Gasteiger partial charge >= 0.3 is 0 Å². The number of hydrogen-bond donors (Lipinski definition) is 0. The SMILES string of the molecule is COc1ccc([C]2CC2c2ccc(OC)cc2)cc1. The minimum absolute atomic E-state index is 0.569. The second-order valence-electron chi connectivity index (χ2n) is 4.78. The van der Waals surface area contributed by atoms with Gasteiger partial charge < -0.3 is 9.47 Å². The molecule has 0 saturated heterocycles. The van der Waals surface area contributed by atoms with Gasteiger partial charge in [0, 0.05) is 5.92 Å². The molecule has 3 rings (SSSR count). The minimum Gasteiger partial charge on any atom is -0.497 e. The molecule has 0 aliphatic heterocycles. The summed E-state index contributed by atoms with van der Waals surface area (Å²) in [7, 11) is 3.39. The highest BCUT2D eigenvalue weighted by molar-refractivity contribution is 5.50. The summed E-state index contributed by atoms with van der Waals surface area (Å²) < 4.78 is 10.4. The van der Waals surface area contributed by atoms with Crippen LogP contribution >= 0.6 is 0 Å². The molecule has 2 aromatic rings. The maximum Gasteiger partial charge on any atom is 0.118 e. The van der Waals surface area contributed by atoms with Crippen molar-refractivity contribution in [1.29, 1.82) is 0 Å². The molecule has 97 valence electrons. The topological polar surface area (TPSA) is 18.5 Å². The van der Waals surface area contributed by atoms with Crippen molar-refractivity contribution in [1.82, 2.24) is 0 Å². The Morgan fingerprint density at radius 2 is 1.32 bits per heavy atom. The summed E-state index contributed by atoms with van der Waals surface area (Å²) in [6.07, 6.45) is 1.15. The highest BCUT2D eigenvalue weighted by atomic mass is 16.5. The van der Waals surface area contributed by atoms with Gasteiger partial charge in [-0.15, -0.1) is 0 Å². The van der Waals surface area contributed by atoms with Crippen molar-refractivity contribution in [3.05, 3.63) is 65.6 Å². The Kier molecular flexibility index (Phi) is 3.16. The van der Waals surface area contributed by atoms with E-state index in [0.29, 0.717) is 5.92 Å². The van der Waals surface area contributed by atoms with Crippen molar-refractivity contribution in [2.45, 2.75) is 12.3 Å². The van der Waals surface area contributed by atoms with Gasteiger partial charge in [0.2, 0.25) is 0 Å². The summed E-state index contributed by atoms with van der Waals surface area (Å²) in [5.41, 5.74) is 2.69. The Balaban J connectivity index is 1.72. The third-order valence-electron chi connectivity index (χ3n) is 3.66. The van der Waals surface area contributed by atoms with Gasteiger partial charge in [-0.2, -0.15) is 0 Å². The van der Waals surface area contributed by atoms with E-state index in [1.807, 2.05) is 24.3 Å². The zero-order chi connectivity index (χ0) is 13.2. The zero-order valence-corrected chi connectivity index (χ0v) is 11.2. The zero-order valence-electron chi connectivity index (χ0n) is 11.2. The van der Waals surface area contributed by atoms with Gasteiger partial charge in [0.15, 0.2) is 0 Å². The summed E-state index contributed by atoms with van der Waals surface area (Å²) in [4.78, 5) is 0. The van der Waals surface area contributed by atoms with Crippen molar-refractivity contribution in [3.63, 3.8) is 0 Å². The van der Waals surface area contributed by atoms with Gasteiger partial charge in [0.1, 0.15) is 11.5 Å². The maximum atomic E-state index is 5.19. The molecule has 1 fully saturated rings. The molecule has 1 atom stereocenters. The fourth-order valence-corrected chi connectivity index (χ4v) is 2.44. The molecule has 0 aromatic heterocycles. The largest absolute Gasteiger partial charge is 0.497 e. The van der Waals surface area contributed by atoms with Crippen LogP contribution in [-0.2, 0) is 0 Å². The fraction of sp³-hybridized carbons (Fsp3) is 0.235. The normalized spacial score (nSPS) is 18.1. The molecule has 1 unspecified atom stereocenters. The summed E-state index contributed by atoms with van der Waals surface area (Å²) >= 11 is 0. The van der Waals surface area contributed by atoms with E-state index < -0.39 is 0 Å². The highest BCUT2D eigenvalue weighted by Gasteiger charge is 2.40. The molecule has 1 radical (unpaired) electrons. The molecular formula is C17H17O2. The molecule has 2 heteroatoms. The second kappa shape index (κ2) is 4.96.